The summed E-state index contributed by atoms with van der Waals surface area (Å²) in [4.78, 5) is 4.23. The zero-order valence-electron chi connectivity index (χ0n) is 13.7. The molecule has 0 spiro atoms. The van der Waals surface area contributed by atoms with Crippen molar-refractivity contribution in [3.63, 3.8) is 0 Å². The van der Waals surface area contributed by atoms with Gasteiger partial charge in [0, 0.05) is 57.3 Å². The van der Waals surface area contributed by atoms with Crippen molar-refractivity contribution in [2.45, 2.75) is 26.9 Å². The van der Waals surface area contributed by atoms with Crippen LogP contribution < -0.4 is 10.6 Å². The highest BCUT2D eigenvalue weighted by atomic mass is 127. The van der Waals surface area contributed by atoms with E-state index in [0.29, 0.717) is 13.1 Å². The minimum Gasteiger partial charge on any atom is -0.352 e. The van der Waals surface area contributed by atoms with E-state index in [1.165, 1.54) is 11.3 Å². The van der Waals surface area contributed by atoms with Crippen LogP contribution in [0.2, 0.25) is 0 Å². The predicted molar refractivity (Wildman–Crippen MR) is 98.3 cm³/mol. The van der Waals surface area contributed by atoms with Gasteiger partial charge in [0.05, 0.1) is 11.9 Å². The second-order valence-electron chi connectivity index (χ2n) is 5.07. The standard InChI is InChI=1S/C14H23N7.HI/c1-10-13(11(2)21(5)19-10)8-17-14(15-3)16-6-12-7-18-20(4)9-12;/h7,9H,6,8H2,1-5H3,(H2,15,16,17);1H. The molecular weight excluding hydrogens is 393 g/mol. The molecule has 122 valence electrons. The molecule has 0 fully saturated rings. The lowest BCUT2D eigenvalue weighted by Gasteiger charge is -2.11. The zero-order valence-corrected chi connectivity index (χ0v) is 16.0. The molecule has 0 bridgehead atoms. The summed E-state index contributed by atoms with van der Waals surface area (Å²) in [7, 11) is 5.63. The number of aliphatic imine (C=N–C) groups is 1. The molecule has 22 heavy (non-hydrogen) atoms. The molecule has 0 aliphatic heterocycles. The average Bonchev–Trinajstić information content (AvgIpc) is 2.96. The van der Waals surface area contributed by atoms with Gasteiger partial charge in [-0.25, -0.2) is 0 Å². The summed E-state index contributed by atoms with van der Waals surface area (Å²) in [6, 6.07) is 0. The second-order valence-corrected chi connectivity index (χ2v) is 5.07. The van der Waals surface area contributed by atoms with Crippen LogP contribution in [0.1, 0.15) is 22.5 Å². The Morgan fingerprint density at radius 3 is 2.41 bits per heavy atom. The Kier molecular flexibility index (Phi) is 6.85. The van der Waals surface area contributed by atoms with Crippen LogP contribution in [0.4, 0.5) is 0 Å². The maximum absolute atomic E-state index is 4.42. The third-order valence-corrected chi connectivity index (χ3v) is 3.53. The van der Waals surface area contributed by atoms with Gasteiger partial charge in [0.2, 0.25) is 0 Å². The second kappa shape index (κ2) is 8.16. The highest BCUT2D eigenvalue weighted by molar-refractivity contribution is 14.0. The Morgan fingerprint density at radius 1 is 1.23 bits per heavy atom. The molecule has 2 rings (SSSR count). The SMILES string of the molecule is CN=C(NCc1cnn(C)c1)NCc1c(C)nn(C)c1C.I. The first-order chi connectivity index (χ1) is 10.0. The third kappa shape index (κ3) is 4.46. The van der Waals surface area contributed by atoms with Gasteiger partial charge in [-0.15, -0.1) is 24.0 Å². The van der Waals surface area contributed by atoms with Gasteiger partial charge < -0.3 is 10.6 Å². The Labute approximate surface area is 148 Å². The Balaban J connectivity index is 0.00000242. The Bertz CT molecular complexity index is 642. The number of nitrogens with zero attached hydrogens (tertiary/aromatic N) is 5. The van der Waals surface area contributed by atoms with Crippen LogP contribution in [0.5, 0.6) is 0 Å². The average molecular weight is 417 g/mol. The van der Waals surface area contributed by atoms with E-state index in [1.807, 2.05) is 38.1 Å². The number of hydrogen-bond donors (Lipinski definition) is 2. The van der Waals surface area contributed by atoms with E-state index in [2.05, 4.69) is 32.7 Å². The molecular formula is C14H24IN7. The molecule has 0 aliphatic carbocycles. The lowest BCUT2D eigenvalue weighted by Crippen LogP contribution is -2.36. The van der Waals surface area contributed by atoms with Crippen LogP contribution in [0.25, 0.3) is 0 Å². The van der Waals surface area contributed by atoms with Gasteiger partial charge in [-0.05, 0) is 13.8 Å². The summed E-state index contributed by atoms with van der Waals surface area (Å²) in [6.45, 7) is 5.50. The van der Waals surface area contributed by atoms with E-state index >= 15 is 0 Å². The number of aromatic nitrogens is 4. The normalized spacial score (nSPS) is 11.2. The topological polar surface area (TPSA) is 72.1 Å². The van der Waals surface area contributed by atoms with Gasteiger partial charge in [0.25, 0.3) is 0 Å². The number of rotatable bonds is 4. The minimum absolute atomic E-state index is 0. The first-order valence-corrected chi connectivity index (χ1v) is 6.92. The molecule has 0 saturated carbocycles. The lowest BCUT2D eigenvalue weighted by molar-refractivity contribution is 0.728. The van der Waals surface area contributed by atoms with Crippen LogP contribution in [0, 0.1) is 13.8 Å². The predicted octanol–water partition coefficient (Wildman–Crippen LogP) is 1.25. The minimum atomic E-state index is 0. The molecule has 2 heterocycles. The van der Waals surface area contributed by atoms with Gasteiger partial charge in [-0.3, -0.25) is 14.4 Å². The molecule has 7 nitrogen and oxygen atoms in total. The van der Waals surface area contributed by atoms with E-state index in [-0.39, 0.29) is 24.0 Å². The maximum Gasteiger partial charge on any atom is 0.191 e. The smallest absolute Gasteiger partial charge is 0.191 e. The molecule has 0 aromatic carbocycles. The fraction of sp³-hybridized carbons (Fsp3) is 0.500. The highest BCUT2D eigenvalue weighted by Gasteiger charge is 2.09. The van der Waals surface area contributed by atoms with Crippen LogP contribution in [0.3, 0.4) is 0 Å². The molecule has 8 heteroatoms. The summed E-state index contributed by atoms with van der Waals surface area (Å²) in [5.41, 5.74) is 4.55. The number of nitrogens with one attached hydrogen (secondary N) is 2. The Morgan fingerprint density at radius 2 is 1.91 bits per heavy atom. The van der Waals surface area contributed by atoms with Crippen molar-refractivity contribution in [3.05, 3.63) is 34.9 Å². The molecule has 0 radical (unpaired) electrons. The molecule has 0 aliphatic rings. The summed E-state index contributed by atoms with van der Waals surface area (Å²) in [5.74, 6) is 0.765. The van der Waals surface area contributed by atoms with Crippen molar-refractivity contribution in [3.8, 4) is 0 Å². The summed E-state index contributed by atoms with van der Waals surface area (Å²) < 4.78 is 3.69. The van der Waals surface area contributed by atoms with Gasteiger partial charge >= 0.3 is 0 Å². The number of hydrogen-bond acceptors (Lipinski definition) is 3. The molecule has 2 N–H and O–H groups in total. The summed E-state index contributed by atoms with van der Waals surface area (Å²) in [6.07, 6.45) is 3.82. The zero-order chi connectivity index (χ0) is 15.4. The van der Waals surface area contributed by atoms with Crippen LogP contribution >= 0.6 is 24.0 Å². The van der Waals surface area contributed by atoms with Crippen LogP contribution in [-0.4, -0.2) is 32.6 Å². The van der Waals surface area contributed by atoms with Crippen molar-refractivity contribution in [1.29, 1.82) is 0 Å². The largest absolute Gasteiger partial charge is 0.352 e. The maximum atomic E-state index is 4.42. The fourth-order valence-electron chi connectivity index (χ4n) is 2.21. The van der Waals surface area contributed by atoms with E-state index < -0.39 is 0 Å². The van der Waals surface area contributed by atoms with Gasteiger partial charge in [0.1, 0.15) is 0 Å². The van der Waals surface area contributed by atoms with E-state index in [4.69, 9.17) is 0 Å². The first-order valence-electron chi connectivity index (χ1n) is 6.92. The highest BCUT2D eigenvalue weighted by Crippen LogP contribution is 2.10. The molecule has 0 saturated heterocycles. The van der Waals surface area contributed by atoms with E-state index in [9.17, 15) is 0 Å². The van der Waals surface area contributed by atoms with Crippen molar-refractivity contribution in [1.82, 2.24) is 30.2 Å². The van der Waals surface area contributed by atoms with E-state index in [1.54, 1.807) is 11.7 Å². The van der Waals surface area contributed by atoms with E-state index in [0.717, 1.165) is 17.2 Å². The van der Waals surface area contributed by atoms with Gasteiger partial charge in [0.15, 0.2) is 5.96 Å². The molecule has 0 unspecified atom stereocenters. The number of guanidine groups is 1. The third-order valence-electron chi connectivity index (χ3n) is 3.53. The van der Waals surface area contributed by atoms with Gasteiger partial charge in [-0.2, -0.15) is 10.2 Å². The quantitative estimate of drug-likeness (QED) is 0.447. The molecule has 0 amide bonds. The monoisotopic (exact) mass is 417 g/mol. The molecule has 2 aromatic rings. The molecule has 0 atom stereocenters. The fourth-order valence-corrected chi connectivity index (χ4v) is 2.21. The molecule has 2 aromatic heterocycles. The lowest BCUT2D eigenvalue weighted by atomic mass is 10.2. The van der Waals surface area contributed by atoms with Gasteiger partial charge in [-0.1, -0.05) is 0 Å². The van der Waals surface area contributed by atoms with Crippen molar-refractivity contribution in [2.24, 2.45) is 19.1 Å². The van der Waals surface area contributed by atoms with Crippen LogP contribution in [-0.2, 0) is 27.2 Å². The number of halogens is 1. The van der Waals surface area contributed by atoms with Crippen molar-refractivity contribution in [2.75, 3.05) is 7.05 Å². The Hall–Kier alpha value is -1.58. The number of aryl methyl sites for hydroxylation is 3. The summed E-state index contributed by atoms with van der Waals surface area (Å²) >= 11 is 0. The van der Waals surface area contributed by atoms with Crippen LogP contribution in [0.15, 0.2) is 17.4 Å². The van der Waals surface area contributed by atoms with Crippen molar-refractivity contribution >= 4 is 29.9 Å². The summed E-state index contributed by atoms with van der Waals surface area (Å²) in [5, 5.41) is 15.2. The first kappa shape index (κ1) is 18.5. The van der Waals surface area contributed by atoms with Crippen molar-refractivity contribution < 1.29 is 0 Å².